The van der Waals surface area contributed by atoms with Crippen molar-refractivity contribution in [2.24, 2.45) is 52.3 Å². The van der Waals surface area contributed by atoms with Crippen LogP contribution in [-0.4, -0.2) is 407 Å². The molecule has 5 rings (SSSR count). The summed E-state index contributed by atoms with van der Waals surface area (Å²) in [5, 5.41) is 11.7. The molecule has 1 N–H and O–H groups in total. The molecule has 710 valence electrons. The average molecular weight is 1730 g/mol. The fraction of sp³-hybridized carbons (Fsp3) is 0.978. The molecular formula is C89H168O31. The molecule has 0 amide bonds. The summed E-state index contributed by atoms with van der Waals surface area (Å²) in [6.07, 6.45) is 14.8. The zero-order valence-corrected chi connectivity index (χ0v) is 75.3. The van der Waals surface area contributed by atoms with Gasteiger partial charge in [-0.05, 0) is 110 Å². The van der Waals surface area contributed by atoms with Crippen LogP contribution in [0.25, 0.3) is 0 Å². The van der Waals surface area contributed by atoms with Gasteiger partial charge in [0.25, 0.3) is 0 Å². The minimum atomic E-state index is -0.894. The SMILES string of the molecule is CC[C@H](CC[C@@H](C)[C@H]1CC[C@H]2[C@@H]3CC=C4CC(OC5COCCOCCOCCOCCOCCOCCOCCOCCOCCOCCOCCOCCOCCOCCOCCOCCOCCOCCOCCOCCOCCOCCOCCOCCOCCOCCOCCOCCOCC5O)CC[C@]4(C)[C@H]3CC[C@]12C)C(C)C. The highest BCUT2D eigenvalue weighted by Crippen LogP contribution is 2.67. The summed E-state index contributed by atoms with van der Waals surface area (Å²) in [6, 6.07) is 0. The first-order chi connectivity index (χ1) is 59.2. The maximum atomic E-state index is 11.7. The number of aliphatic hydroxyl groups excluding tert-OH is 1. The number of ether oxygens (including phenoxy) is 30. The molecule has 0 radical (unpaired) electrons. The molecule has 1 aliphatic heterocycles. The molecule has 0 aromatic rings. The summed E-state index contributed by atoms with van der Waals surface area (Å²) in [6.45, 7) is 41.1. The zero-order valence-electron chi connectivity index (χ0n) is 75.3. The lowest BCUT2D eigenvalue weighted by molar-refractivity contribution is -0.142. The van der Waals surface area contributed by atoms with Crippen LogP contribution in [0.2, 0.25) is 0 Å². The largest absolute Gasteiger partial charge is 0.388 e. The summed E-state index contributed by atoms with van der Waals surface area (Å²) in [7, 11) is 0. The Balaban J connectivity index is 0.901. The number of allylic oxidation sites excluding steroid dienone is 1. The second-order valence-electron chi connectivity index (χ2n) is 31.7. The van der Waals surface area contributed by atoms with Crippen molar-refractivity contribution < 1.29 is 147 Å². The van der Waals surface area contributed by atoms with E-state index >= 15 is 0 Å². The Hall–Kier alpha value is -1.50. The molecule has 3 saturated carbocycles. The molecule has 31 heteroatoms. The number of aliphatic hydroxyl groups is 1. The Bertz CT molecular complexity index is 2240. The first-order valence-corrected chi connectivity index (χ1v) is 45.9. The van der Waals surface area contributed by atoms with E-state index in [2.05, 4.69) is 47.6 Å². The molecule has 1 saturated heterocycles. The predicted octanol–water partition coefficient (Wildman–Crippen LogP) is 8.27. The van der Waals surface area contributed by atoms with Gasteiger partial charge in [-0.25, -0.2) is 0 Å². The molecule has 4 fully saturated rings. The second-order valence-corrected chi connectivity index (χ2v) is 31.7. The molecule has 4 aliphatic carbocycles. The summed E-state index contributed by atoms with van der Waals surface area (Å²) in [5.41, 5.74) is 2.19. The molecule has 3 unspecified atom stereocenters. The number of rotatable bonds is 8. The van der Waals surface area contributed by atoms with Crippen LogP contribution in [0.4, 0.5) is 0 Å². The zero-order chi connectivity index (χ0) is 85.1. The Kier molecular flexibility index (Phi) is 70.4. The summed E-state index contributed by atoms with van der Waals surface area (Å²) in [4.78, 5) is 0. The lowest BCUT2D eigenvalue weighted by Crippen LogP contribution is -2.51. The van der Waals surface area contributed by atoms with Gasteiger partial charge in [0.2, 0.25) is 0 Å². The van der Waals surface area contributed by atoms with Gasteiger partial charge in [0.1, 0.15) is 12.2 Å². The summed E-state index contributed by atoms with van der Waals surface area (Å²) < 4.78 is 171. The van der Waals surface area contributed by atoms with Gasteiger partial charge in [-0.3, -0.25) is 0 Å². The molecule has 11 atom stereocenters. The van der Waals surface area contributed by atoms with Gasteiger partial charge in [-0.15, -0.1) is 0 Å². The quantitative estimate of drug-likeness (QED) is 0.223. The number of fused-ring (bicyclic) bond motifs is 5. The summed E-state index contributed by atoms with van der Waals surface area (Å²) in [5.74, 6) is 5.50. The smallest absolute Gasteiger partial charge is 0.109 e. The summed E-state index contributed by atoms with van der Waals surface area (Å²) >= 11 is 0. The van der Waals surface area contributed by atoms with Crippen LogP contribution in [0.1, 0.15) is 112 Å². The van der Waals surface area contributed by atoms with E-state index in [4.69, 9.17) is 142 Å². The molecule has 0 aromatic heterocycles. The van der Waals surface area contributed by atoms with Crippen molar-refractivity contribution in [2.75, 3.05) is 383 Å². The van der Waals surface area contributed by atoms with Gasteiger partial charge in [0.05, 0.1) is 389 Å². The Labute approximate surface area is 721 Å². The van der Waals surface area contributed by atoms with Crippen molar-refractivity contribution in [3.05, 3.63) is 11.6 Å². The van der Waals surface area contributed by atoms with Gasteiger partial charge < -0.3 is 147 Å². The van der Waals surface area contributed by atoms with Crippen LogP contribution in [0, 0.1) is 52.3 Å². The number of hydrogen-bond donors (Lipinski definition) is 1. The third-order valence-corrected chi connectivity index (χ3v) is 23.1. The van der Waals surface area contributed by atoms with Crippen LogP contribution in [0.3, 0.4) is 0 Å². The van der Waals surface area contributed by atoms with Gasteiger partial charge >= 0.3 is 0 Å². The fourth-order valence-corrected chi connectivity index (χ4v) is 16.5. The first kappa shape index (κ1) is 109. The highest BCUT2D eigenvalue weighted by Gasteiger charge is 2.59. The van der Waals surface area contributed by atoms with E-state index in [0.717, 1.165) is 54.8 Å². The monoisotopic (exact) mass is 1730 g/mol. The molecule has 5 aliphatic rings. The van der Waals surface area contributed by atoms with Crippen LogP contribution in [0.15, 0.2) is 11.6 Å². The van der Waals surface area contributed by atoms with Crippen molar-refractivity contribution >= 4 is 0 Å². The van der Waals surface area contributed by atoms with E-state index < -0.39 is 12.2 Å². The van der Waals surface area contributed by atoms with Crippen LogP contribution < -0.4 is 0 Å². The normalized spacial score (nSPS) is 30.6. The maximum absolute atomic E-state index is 11.7. The van der Waals surface area contributed by atoms with Gasteiger partial charge in [-0.2, -0.15) is 0 Å². The van der Waals surface area contributed by atoms with Crippen molar-refractivity contribution in [1.82, 2.24) is 0 Å². The third-order valence-electron chi connectivity index (χ3n) is 23.1. The predicted molar refractivity (Wildman–Crippen MR) is 451 cm³/mol. The van der Waals surface area contributed by atoms with Gasteiger partial charge in [0, 0.05) is 0 Å². The molecule has 0 bridgehead atoms. The van der Waals surface area contributed by atoms with E-state index in [9.17, 15) is 5.11 Å². The van der Waals surface area contributed by atoms with Crippen LogP contribution >= 0.6 is 0 Å². The number of hydrogen-bond acceptors (Lipinski definition) is 31. The first-order valence-electron chi connectivity index (χ1n) is 45.9. The lowest BCUT2D eigenvalue weighted by Gasteiger charge is -2.58. The Morgan fingerprint density at radius 3 is 0.833 bits per heavy atom. The average Bonchev–Trinajstić information content (AvgIpc) is 1.44. The second kappa shape index (κ2) is 77.4. The van der Waals surface area contributed by atoms with Crippen LogP contribution in [0.5, 0.6) is 0 Å². The van der Waals surface area contributed by atoms with Crippen molar-refractivity contribution in [3.8, 4) is 0 Å². The molecule has 0 aromatic carbocycles. The topological polar surface area (TPSA) is 297 Å². The van der Waals surface area contributed by atoms with E-state index in [1.165, 1.54) is 51.4 Å². The van der Waals surface area contributed by atoms with Crippen molar-refractivity contribution in [3.63, 3.8) is 0 Å². The van der Waals surface area contributed by atoms with E-state index in [-0.39, 0.29) is 24.7 Å². The molecular weight excluding hydrogens is 1560 g/mol. The highest BCUT2D eigenvalue weighted by atomic mass is 16.6. The maximum Gasteiger partial charge on any atom is 0.109 e. The van der Waals surface area contributed by atoms with E-state index in [1.807, 2.05) is 0 Å². The Morgan fingerprint density at radius 1 is 0.317 bits per heavy atom. The third kappa shape index (κ3) is 54.1. The lowest BCUT2D eigenvalue weighted by atomic mass is 9.47. The molecule has 1 heterocycles. The fourth-order valence-electron chi connectivity index (χ4n) is 16.5. The van der Waals surface area contributed by atoms with Crippen molar-refractivity contribution in [2.45, 2.75) is 130 Å². The van der Waals surface area contributed by atoms with Crippen LogP contribution in [-0.2, 0) is 142 Å². The van der Waals surface area contributed by atoms with E-state index in [1.54, 1.807) is 5.57 Å². The minimum absolute atomic E-state index is 0.0144. The minimum Gasteiger partial charge on any atom is -0.388 e. The van der Waals surface area contributed by atoms with Gasteiger partial charge in [-0.1, -0.05) is 66.0 Å². The standard InChI is InChI=1S/C89H168O31/c1-7-79(77(2)3)9-8-78(4)83-12-13-84-82-11-10-80-74-81(14-16-88(80,5)85(82)15-17-89(83,84)6)120-87-76-119-73-71-117-69-67-115-65-63-113-61-59-111-57-55-109-53-51-107-49-47-105-45-43-103-41-39-101-37-35-99-33-31-97-29-27-95-25-23-93-21-19-91-18-20-92-22-24-94-26-28-96-30-32-98-34-36-100-38-40-102-42-44-104-46-48-106-50-52-108-54-56-110-58-60-112-62-64-114-66-68-116-70-72-118-75-86(87)90/h10,77-79,81-87,90H,7-9,11-76H2,1-6H3/t78-,79-,81?,82+,83-,84+,85+,86?,87?,88+,89-/m1/s1. The molecule has 31 nitrogen and oxygen atoms in total. The van der Waals surface area contributed by atoms with Crippen molar-refractivity contribution in [1.29, 1.82) is 0 Å². The van der Waals surface area contributed by atoms with Gasteiger partial charge in [0.15, 0.2) is 0 Å². The van der Waals surface area contributed by atoms with E-state index in [0.29, 0.717) is 381 Å². The Morgan fingerprint density at radius 2 is 0.575 bits per heavy atom. The highest BCUT2D eigenvalue weighted by molar-refractivity contribution is 5.25. The molecule has 0 spiro atoms. The molecule has 120 heavy (non-hydrogen) atoms.